The van der Waals surface area contributed by atoms with Gasteiger partial charge in [-0.15, -0.1) is 0 Å². The summed E-state index contributed by atoms with van der Waals surface area (Å²) in [4.78, 5) is 2.27. The highest BCUT2D eigenvalue weighted by Gasteiger charge is 2.09. The molecule has 0 aromatic heterocycles. The van der Waals surface area contributed by atoms with E-state index in [1.807, 2.05) is 0 Å². The van der Waals surface area contributed by atoms with Gasteiger partial charge in [0.15, 0.2) is 0 Å². The molecule has 112 valence electrons. The fraction of sp³-hybridized carbons (Fsp3) is 0.333. The second-order valence-corrected chi connectivity index (χ2v) is 5.54. The van der Waals surface area contributed by atoms with Gasteiger partial charge in [0.2, 0.25) is 0 Å². The van der Waals surface area contributed by atoms with E-state index in [0.717, 1.165) is 35.9 Å². The van der Waals surface area contributed by atoms with Gasteiger partial charge in [-0.05, 0) is 50.2 Å². The molecule has 0 heterocycles. The average Bonchev–Trinajstić information content (AvgIpc) is 2.49. The lowest BCUT2D eigenvalue weighted by Crippen LogP contribution is -2.16. The molecule has 0 unspecified atom stereocenters. The minimum absolute atomic E-state index is 0.812. The third kappa shape index (κ3) is 3.99. The molecular formula is C18H23ClN2. The van der Waals surface area contributed by atoms with Crippen LogP contribution in [0.2, 0.25) is 5.02 Å². The summed E-state index contributed by atoms with van der Waals surface area (Å²) >= 11 is 6.41. The van der Waals surface area contributed by atoms with E-state index in [-0.39, 0.29) is 0 Å². The number of hydrogen-bond donors (Lipinski definition) is 1. The first-order valence-corrected chi connectivity index (χ1v) is 7.86. The van der Waals surface area contributed by atoms with Crippen molar-refractivity contribution in [3.05, 3.63) is 58.6 Å². The van der Waals surface area contributed by atoms with Crippen molar-refractivity contribution in [3.8, 4) is 0 Å². The molecule has 2 aromatic carbocycles. The zero-order valence-corrected chi connectivity index (χ0v) is 13.7. The lowest BCUT2D eigenvalue weighted by molar-refractivity contribution is 0.727. The number of benzene rings is 2. The second-order valence-electron chi connectivity index (χ2n) is 5.14. The van der Waals surface area contributed by atoms with Gasteiger partial charge in [-0.3, -0.25) is 0 Å². The number of aryl methyl sites for hydroxylation is 1. The first-order valence-electron chi connectivity index (χ1n) is 7.49. The molecule has 0 saturated heterocycles. The van der Waals surface area contributed by atoms with Crippen LogP contribution in [0.25, 0.3) is 0 Å². The molecule has 0 spiro atoms. The van der Waals surface area contributed by atoms with Gasteiger partial charge in [-0.2, -0.15) is 0 Å². The predicted molar refractivity (Wildman–Crippen MR) is 92.7 cm³/mol. The Labute approximate surface area is 132 Å². The molecule has 3 heteroatoms. The first-order chi connectivity index (χ1) is 10.2. The Kier molecular flexibility index (Phi) is 5.66. The predicted octanol–water partition coefficient (Wildman–Crippen LogP) is 4.92. The van der Waals surface area contributed by atoms with Crippen molar-refractivity contribution in [1.82, 2.24) is 5.32 Å². The van der Waals surface area contributed by atoms with Gasteiger partial charge in [0.05, 0.1) is 0 Å². The van der Waals surface area contributed by atoms with E-state index in [1.54, 1.807) is 0 Å². The standard InChI is InChI=1S/C18H23ClN2/c1-4-20-13-15-8-11-17(12-18(15)19)21(5-2)16-9-6-14(3)7-10-16/h6-12,20H,4-5,13H2,1-3H3. The average molecular weight is 303 g/mol. The quantitative estimate of drug-likeness (QED) is 0.815. The Bertz CT molecular complexity index is 578. The van der Waals surface area contributed by atoms with Gasteiger partial charge < -0.3 is 10.2 Å². The van der Waals surface area contributed by atoms with E-state index < -0.39 is 0 Å². The van der Waals surface area contributed by atoms with E-state index in [9.17, 15) is 0 Å². The lowest BCUT2D eigenvalue weighted by Gasteiger charge is -2.24. The number of halogens is 1. The van der Waals surface area contributed by atoms with Gasteiger partial charge in [0.1, 0.15) is 0 Å². The van der Waals surface area contributed by atoms with Crippen molar-refractivity contribution in [3.63, 3.8) is 0 Å². The van der Waals surface area contributed by atoms with Crippen LogP contribution in [-0.2, 0) is 6.54 Å². The summed E-state index contributed by atoms with van der Waals surface area (Å²) in [6.07, 6.45) is 0. The SMILES string of the molecule is CCNCc1ccc(N(CC)c2ccc(C)cc2)cc1Cl. The molecule has 21 heavy (non-hydrogen) atoms. The van der Waals surface area contributed by atoms with Gasteiger partial charge in [0, 0.05) is 29.5 Å². The van der Waals surface area contributed by atoms with Crippen LogP contribution in [0.3, 0.4) is 0 Å². The van der Waals surface area contributed by atoms with E-state index in [0.29, 0.717) is 0 Å². The zero-order valence-electron chi connectivity index (χ0n) is 13.0. The largest absolute Gasteiger partial charge is 0.342 e. The van der Waals surface area contributed by atoms with Crippen LogP contribution < -0.4 is 10.2 Å². The Morgan fingerprint density at radius 2 is 1.67 bits per heavy atom. The molecule has 0 fully saturated rings. The van der Waals surface area contributed by atoms with Crippen molar-refractivity contribution >= 4 is 23.0 Å². The highest BCUT2D eigenvalue weighted by atomic mass is 35.5. The minimum atomic E-state index is 0.812. The maximum atomic E-state index is 6.41. The topological polar surface area (TPSA) is 15.3 Å². The van der Waals surface area contributed by atoms with Crippen LogP contribution in [0.4, 0.5) is 11.4 Å². The Morgan fingerprint density at radius 1 is 1.00 bits per heavy atom. The van der Waals surface area contributed by atoms with Crippen LogP contribution in [-0.4, -0.2) is 13.1 Å². The van der Waals surface area contributed by atoms with Gasteiger partial charge >= 0.3 is 0 Å². The number of rotatable bonds is 6. The highest BCUT2D eigenvalue weighted by Crippen LogP contribution is 2.29. The molecule has 0 aliphatic heterocycles. The van der Waals surface area contributed by atoms with E-state index in [1.165, 1.54) is 11.3 Å². The molecule has 2 nitrogen and oxygen atoms in total. The smallest absolute Gasteiger partial charge is 0.0471 e. The normalized spacial score (nSPS) is 10.7. The number of anilines is 2. The molecule has 0 saturated carbocycles. The summed E-state index contributed by atoms with van der Waals surface area (Å²) in [6, 6.07) is 14.9. The Morgan fingerprint density at radius 3 is 2.24 bits per heavy atom. The number of nitrogens with zero attached hydrogens (tertiary/aromatic N) is 1. The molecular weight excluding hydrogens is 280 g/mol. The van der Waals surface area contributed by atoms with E-state index in [2.05, 4.69) is 73.5 Å². The molecule has 0 aliphatic carbocycles. The zero-order chi connectivity index (χ0) is 15.2. The fourth-order valence-electron chi connectivity index (χ4n) is 2.35. The van der Waals surface area contributed by atoms with Gasteiger partial charge in [-0.1, -0.05) is 42.3 Å². The van der Waals surface area contributed by atoms with Crippen molar-refractivity contribution < 1.29 is 0 Å². The molecule has 0 aliphatic rings. The van der Waals surface area contributed by atoms with Crippen LogP contribution in [0, 0.1) is 6.92 Å². The van der Waals surface area contributed by atoms with Crippen molar-refractivity contribution in [2.75, 3.05) is 18.0 Å². The monoisotopic (exact) mass is 302 g/mol. The maximum Gasteiger partial charge on any atom is 0.0471 e. The lowest BCUT2D eigenvalue weighted by atomic mass is 10.1. The third-order valence-corrected chi connectivity index (χ3v) is 3.93. The van der Waals surface area contributed by atoms with Crippen LogP contribution in [0.15, 0.2) is 42.5 Å². The Hall–Kier alpha value is -1.51. The second kappa shape index (κ2) is 7.48. The van der Waals surface area contributed by atoms with Crippen molar-refractivity contribution in [2.45, 2.75) is 27.3 Å². The number of nitrogens with one attached hydrogen (secondary N) is 1. The van der Waals surface area contributed by atoms with Crippen LogP contribution in [0.5, 0.6) is 0 Å². The molecule has 0 bridgehead atoms. The summed E-state index contributed by atoms with van der Waals surface area (Å²) in [7, 11) is 0. The van der Waals surface area contributed by atoms with E-state index >= 15 is 0 Å². The minimum Gasteiger partial charge on any atom is -0.342 e. The molecule has 2 rings (SSSR count). The highest BCUT2D eigenvalue weighted by molar-refractivity contribution is 6.31. The summed E-state index contributed by atoms with van der Waals surface area (Å²) in [5.41, 5.74) is 4.74. The molecule has 2 aromatic rings. The summed E-state index contributed by atoms with van der Waals surface area (Å²) in [5.74, 6) is 0. The molecule has 0 amide bonds. The molecule has 0 radical (unpaired) electrons. The summed E-state index contributed by atoms with van der Waals surface area (Å²) in [6.45, 7) is 9.02. The van der Waals surface area contributed by atoms with Crippen molar-refractivity contribution in [2.24, 2.45) is 0 Å². The van der Waals surface area contributed by atoms with Gasteiger partial charge in [-0.25, -0.2) is 0 Å². The van der Waals surface area contributed by atoms with E-state index in [4.69, 9.17) is 11.6 Å². The number of hydrogen-bond acceptors (Lipinski definition) is 2. The summed E-state index contributed by atoms with van der Waals surface area (Å²) in [5, 5.41) is 4.13. The van der Waals surface area contributed by atoms with Crippen LogP contribution >= 0.6 is 11.6 Å². The fourth-order valence-corrected chi connectivity index (χ4v) is 2.59. The summed E-state index contributed by atoms with van der Waals surface area (Å²) < 4.78 is 0. The molecule has 1 N–H and O–H groups in total. The first kappa shape index (κ1) is 15.9. The van der Waals surface area contributed by atoms with Crippen molar-refractivity contribution in [1.29, 1.82) is 0 Å². The van der Waals surface area contributed by atoms with Crippen LogP contribution in [0.1, 0.15) is 25.0 Å². The van der Waals surface area contributed by atoms with Gasteiger partial charge in [0.25, 0.3) is 0 Å². The maximum absolute atomic E-state index is 6.41. The third-order valence-electron chi connectivity index (χ3n) is 3.58. The Balaban J connectivity index is 2.26. The molecule has 0 atom stereocenters.